The monoisotopic (exact) mass is 470 g/mol. The van der Waals surface area contributed by atoms with Gasteiger partial charge in [0, 0.05) is 24.0 Å². The van der Waals surface area contributed by atoms with Gasteiger partial charge in [-0.25, -0.2) is 9.78 Å². The summed E-state index contributed by atoms with van der Waals surface area (Å²) in [6, 6.07) is 0.156. The molecule has 0 spiro atoms. The Kier molecular flexibility index (Phi) is 12.9. The van der Waals surface area contributed by atoms with Crippen LogP contribution in [0, 0.1) is 0 Å². The smallest absolute Gasteiger partial charge is 0.315 e. The van der Waals surface area contributed by atoms with Gasteiger partial charge < -0.3 is 26.6 Å². The van der Waals surface area contributed by atoms with Crippen molar-refractivity contribution in [2.24, 2.45) is 0 Å². The van der Waals surface area contributed by atoms with Crippen LogP contribution in [0.5, 0.6) is 0 Å². The summed E-state index contributed by atoms with van der Waals surface area (Å²) in [6.45, 7) is 5.31. The summed E-state index contributed by atoms with van der Waals surface area (Å²) < 4.78 is 0. The summed E-state index contributed by atoms with van der Waals surface area (Å²) in [5, 5.41) is 15.6. The number of aromatic nitrogens is 1. The average Bonchev–Trinajstić information content (AvgIpc) is 3.16. The Labute approximate surface area is 195 Å². The van der Waals surface area contributed by atoms with Gasteiger partial charge in [-0.2, -0.15) is 12.6 Å². The molecule has 5 N–H and O–H groups in total. The highest BCUT2D eigenvalue weighted by molar-refractivity contribution is 7.80. The number of nitrogens with one attached hydrogen (secondary N) is 5. The van der Waals surface area contributed by atoms with Crippen LogP contribution in [-0.2, 0) is 17.6 Å². The number of unbranched alkanes of at least 4 members (excludes halogenated alkanes) is 3. The van der Waals surface area contributed by atoms with Crippen LogP contribution in [0.3, 0.4) is 0 Å². The second-order valence-electron chi connectivity index (χ2n) is 7.83. The van der Waals surface area contributed by atoms with E-state index in [0.717, 1.165) is 56.6 Å². The van der Waals surface area contributed by atoms with Gasteiger partial charge in [-0.05, 0) is 57.4 Å². The van der Waals surface area contributed by atoms with Crippen LogP contribution in [0.2, 0.25) is 0 Å². The number of aryl methyl sites for hydroxylation is 1. The molecular weight excluding hydrogens is 432 g/mol. The van der Waals surface area contributed by atoms with E-state index in [1.807, 2.05) is 0 Å². The molecule has 176 valence electrons. The Morgan fingerprint density at radius 2 is 1.94 bits per heavy atom. The summed E-state index contributed by atoms with van der Waals surface area (Å²) in [6.07, 6.45) is 8.83. The number of carbonyl (C=O) groups is 2. The molecule has 1 atom stereocenters. The summed E-state index contributed by atoms with van der Waals surface area (Å²) in [5.74, 6) is 0.689. The molecule has 1 aromatic heterocycles. The van der Waals surface area contributed by atoms with Crippen molar-refractivity contribution < 1.29 is 9.59 Å². The number of fused-ring (bicyclic) bond motifs is 1. The third-order valence-electron chi connectivity index (χ3n) is 5.13. The normalized spacial score (nSPS) is 15.4. The number of urea groups is 1. The van der Waals surface area contributed by atoms with Crippen molar-refractivity contribution in [3.63, 3.8) is 0 Å². The van der Waals surface area contributed by atoms with Gasteiger partial charge in [-0.3, -0.25) is 4.79 Å². The number of anilines is 1. The highest BCUT2D eigenvalue weighted by Crippen LogP contribution is 2.29. The molecule has 0 radical (unpaired) electrons. The largest absolute Gasteiger partial charge is 0.337 e. The van der Waals surface area contributed by atoms with E-state index in [-0.39, 0.29) is 18.5 Å². The van der Waals surface area contributed by atoms with Crippen LogP contribution in [0.25, 0.3) is 0 Å². The number of thiazole rings is 1. The third kappa shape index (κ3) is 10.7. The number of nitrogens with zero attached hydrogens (tertiary/aromatic N) is 1. The zero-order chi connectivity index (χ0) is 22.3. The maximum atomic E-state index is 12.1. The number of carbonyl (C=O) groups excluding carboxylic acids is 2. The van der Waals surface area contributed by atoms with Crippen molar-refractivity contribution in [3.05, 3.63) is 10.6 Å². The van der Waals surface area contributed by atoms with Crippen molar-refractivity contribution in [2.45, 2.75) is 64.3 Å². The molecule has 10 heteroatoms. The zero-order valence-electron chi connectivity index (χ0n) is 18.6. The van der Waals surface area contributed by atoms with Crippen molar-refractivity contribution in [1.29, 1.82) is 0 Å². The Morgan fingerprint density at radius 3 is 2.74 bits per heavy atom. The van der Waals surface area contributed by atoms with E-state index in [0.29, 0.717) is 24.3 Å². The van der Waals surface area contributed by atoms with Crippen molar-refractivity contribution in [1.82, 2.24) is 26.3 Å². The SMILES string of the molecule is CCCN[C@H]1CCc2nc(NC(=O)CNC(=O)NCCNCCCCCCS)sc2C1. The Morgan fingerprint density at radius 1 is 1.10 bits per heavy atom. The molecule has 8 nitrogen and oxygen atoms in total. The van der Waals surface area contributed by atoms with Crippen LogP contribution in [0.1, 0.15) is 56.0 Å². The topological polar surface area (TPSA) is 107 Å². The maximum absolute atomic E-state index is 12.1. The summed E-state index contributed by atoms with van der Waals surface area (Å²) in [7, 11) is 0. The van der Waals surface area contributed by atoms with Crippen LogP contribution in [-0.4, -0.2) is 61.4 Å². The van der Waals surface area contributed by atoms with Gasteiger partial charge >= 0.3 is 6.03 Å². The maximum Gasteiger partial charge on any atom is 0.315 e. The fourth-order valence-corrected chi connectivity index (χ4v) is 4.77. The first-order valence-corrected chi connectivity index (χ1v) is 12.9. The minimum Gasteiger partial charge on any atom is -0.337 e. The van der Waals surface area contributed by atoms with Crippen molar-refractivity contribution in [2.75, 3.05) is 43.8 Å². The molecule has 2 rings (SSSR count). The zero-order valence-corrected chi connectivity index (χ0v) is 20.3. The quantitative estimate of drug-likeness (QED) is 0.174. The Balaban J connectivity index is 1.55. The first-order valence-electron chi connectivity index (χ1n) is 11.5. The van der Waals surface area contributed by atoms with E-state index in [4.69, 9.17) is 0 Å². The number of hydrogen-bond acceptors (Lipinski definition) is 7. The van der Waals surface area contributed by atoms with E-state index in [9.17, 15) is 9.59 Å². The second kappa shape index (κ2) is 15.4. The standard InChI is InChI=1S/C21H38N6O2S2/c1-2-9-23-16-7-8-17-18(14-16)31-21(26-17)27-19(28)15-25-20(29)24-12-11-22-10-5-3-4-6-13-30/h16,22-23,30H,2-15H2,1H3,(H2,24,25,29)(H,26,27,28)/t16-/m0/s1. The highest BCUT2D eigenvalue weighted by Gasteiger charge is 2.22. The predicted octanol–water partition coefficient (Wildman–Crippen LogP) is 2.32. The highest BCUT2D eigenvalue weighted by atomic mass is 32.1. The lowest BCUT2D eigenvalue weighted by Gasteiger charge is -2.21. The molecule has 0 aliphatic heterocycles. The van der Waals surface area contributed by atoms with E-state index < -0.39 is 0 Å². The number of amides is 3. The summed E-state index contributed by atoms with van der Waals surface area (Å²) in [4.78, 5) is 29.8. The molecule has 1 aliphatic rings. The van der Waals surface area contributed by atoms with Gasteiger partial charge in [-0.15, -0.1) is 11.3 Å². The summed E-state index contributed by atoms with van der Waals surface area (Å²) in [5.41, 5.74) is 1.09. The van der Waals surface area contributed by atoms with Gasteiger partial charge in [0.2, 0.25) is 5.91 Å². The van der Waals surface area contributed by atoms with Gasteiger partial charge in [0.1, 0.15) is 0 Å². The van der Waals surface area contributed by atoms with E-state index in [2.05, 4.69) is 51.1 Å². The molecule has 1 heterocycles. The van der Waals surface area contributed by atoms with Crippen LogP contribution < -0.4 is 26.6 Å². The van der Waals surface area contributed by atoms with E-state index in [1.54, 1.807) is 0 Å². The fraction of sp³-hybridized carbons (Fsp3) is 0.762. The number of hydrogen-bond donors (Lipinski definition) is 6. The first-order chi connectivity index (χ1) is 15.1. The minimum absolute atomic E-state index is 0.0741. The molecule has 0 fully saturated rings. The molecule has 0 aromatic carbocycles. The lowest BCUT2D eigenvalue weighted by molar-refractivity contribution is -0.115. The fourth-order valence-electron chi connectivity index (χ4n) is 3.44. The third-order valence-corrected chi connectivity index (χ3v) is 6.48. The second-order valence-corrected chi connectivity index (χ2v) is 9.36. The van der Waals surface area contributed by atoms with E-state index >= 15 is 0 Å². The minimum atomic E-state index is -0.339. The summed E-state index contributed by atoms with van der Waals surface area (Å²) >= 11 is 5.74. The molecule has 0 saturated heterocycles. The molecule has 0 saturated carbocycles. The Bertz CT molecular complexity index is 670. The van der Waals surface area contributed by atoms with Crippen molar-refractivity contribution >= 4 is 41.0 Å². The number of rotatable bonds is 15. The lowest BCUT2D eigenvalue weighted by atomic mass is 9.98. The van der Waals surface area contributed by atoms with Crippen molar-refractivity contribution in [3.8, 4) is 0 Å². The molecule has 1 aromatic rings. The molecule has 3 amide bonds. The molecule has 0 bridgehead atoms. The average molecular weight is 471 g/mol. The lowest BCUT2D eigenvalue weighted by Crippen LogP contribution is -2.42. The Hall–Kier alpha value is -1.36. The van der Waals surface area contributed by atoms with Crippen LogP contribution in [0.15, 0.2) is 0 Å². The van der Waals surface area contributed by atoms with Gasteiger partial charge in [0.15, 0.2) is 5.13 Å². The van der Waals surface area contributed by atoms with E-state index in [1.165, 1.54) is 35.5 Å². The predicted molar refractivity (Wildman–Crippen MR) is 131 cm³/mol. The van der Waals surface area contributed by atoms with Gasteiger partial charge in [0.05, 0.1) is 12.2 Å². The van der Waals surface area contributed by atoms with Gasteiger partial charge in [-0.1, -0.05) is 19.8 Å². The van der Waals surface area contributed by atoms with Gasteiger partial charge in [0.25, 0.3) is 0 Å². The molecule has 1 aliphatic carbocycles. The first kappa shape index (κ1) is 25.9. The molecule has 0 unspecified atom stereocenters. The van der Waals surface area contributed by atoms with Crippen LogP contribution in [0.4, 0.5) is 9.93 Å². The van der Waals surface area contributed by atoms with Crippen LogP contribution >= 0.6 is 24.0 Å². The molecular formula is C21H38N6O2S2. The molecule has 31 heavy (non-hydrogen) atoms. The number of thiol groups is 1.